The summed E-state index contributed by atoms with van der Waals surface area (Å²) in [4.78, 5) is 27.1. The Kier molecular flexibility index (Phi) is 9.29. The fraction of sp³-hybridized carbons (Fsp3) is 0.560. The van der Waals surface area contributed by atoms with Crippen LogP contribution in [0.5, 0.6) is 0 Å². The molecule has 2 aliphatic rings. The number of benzene rings is 1. The highest BCUT2D eigenvalue weighted by atomic mass is 31.2. The predicted molar refractivity (Wildman–Crippen MR) is 137 cm³/mol. The van der Waals surface area contributed by atoms with Gasteiger partial charge in [-0.15, -0.1) is 0 Å². The number of rotatable bonds is 11. The van der Waals surface area contributed by atoms with E-state index in [1.165, 1.54) is 17.2 Å². The van der Waals surface area contributed by atoms with E-state index in [0.717, 1.165) is 0 Å². The Morgan fingerprint density at radius 2 is 2.00 bits per heavy atom. The maximum atomic E-state index is 14.1. The Bertz CT molecular complexity index is 1080. The largest absolute Gasteiger partial charge is 0.394 e. The molecule has 4 N–H and O–H groups in total. The number of nitrogens with one attached hydrogen (secondary N) is 1. The minimum absolute atomic E-state index is 0.0283. The van der Waals surface area contributed by atoms with Crippen LogP contribution in [0, 0.1) is 11.3 Å². The van der Waals surface area contributed by atoms with E-state index < -0.39 is 50.0 Å². The van der Waals surface area contributed by atoms with E-state index in [2.05, 4.69) is 5.32 Å². The standard InChI is InChI=1S/C25H36N5O6P/c1-17(2)30(18(3)4)37(34,14-8-12-26)36-20-15-22(35-21(20)16-31)29-13-11-25(27,28-24(29)33)23(32)19-9-6-5-7-10-19/h5-7,9-11,13,17-18,20-22,31H,8,14-16,27H2,1-4H3,(H,28,33)/t20-,21+,22+,25?,37?/m0/s1. The molecular formula is C25H36N5O6P. The summed E-state index contributed by atoms with van der Waals surface area (Å²) in [6, 6.07) is 9.53. The topological polar surface area (TPSA) is 158 Å². The smallest absolute Gasteiger partial charge is 0.325 e. The van der Waals surface area contributed by atoms with Crippen molar-refractivity contribution in [3.05, 3.63) is 48.2 Å². The summed E-state index contributed by atoms with van der Waals surface area (Å²) < 4.78 is 27.9. The van der Waals surface area contributed by atoms with Crippen molar-refractivity contribution in [1.29, 1.82) is 5.26 Å². The lowest BCUT2D eigenvalue weighted by Crippen LogP contribution is -2.65. The lowest BCUT2D eigenvalue weighted by Gasteiger charge is -2.38. The molecule has 0 bridgehead atoms. The van der Waals surface area contributed by atoms with Gasteiger partial charge in [-0.3, -0.25) is 20.0 Å². The van der Waals surface area contributed by atoms with Crippen molar-refractivity contribution in [2.45, 2.75) is 76.7 Å². The second-order valence-electron chi connectivity index (χ2n) is 9.75. The monoisotopic (exact) mass is 533 g/mol. The average molecular weight is 534 g/mol. The number of amides is 2. The third kappa shape index (κ3) is 6.29. The van der Waals surface area contributed by atoms with Gasteiger partial charge in [-0.2, -0.15) is 5.26 Å². The number of hydrogen-bond acceptors (Lipinski definition) is 8. The maximum absolute atomic E-state index is 14.1. The minimum atomic E-state index is -3.49. The van der Waals surface area contributed by atoms with Gasteiger partial charge in [0.15, 0.2) is 5.66 Å². The first-order chi connectivity index (χ1) is 17.5. The van der Waals surface area contributed by atoms with E-state index in [9.17, 15) is 19.3 Å². The zero-order valence-corrected chi connectivity index (χ0v) is 22.5. The van der Waals surface area contributed by atoms with Gasteiger partial charge in [0.05, 0.1) is 24.9 Å². The summed E-state index contributed by atoms with van der Waals surface area (Å²) in [5, 5.41) is 21.6. The molecule has 1 fully saturated rings. The number of carbonyl (C=O) groups excluding carboxylic acids is 2. The lowest BCUT2D eigenvalue weighted by atomic mass is 9.97. The van der Waals surface area contributed by atoms with Gasteiger partial charge in [-0.05, 0) is 33.8 Å². The number of carbonyl (C=O) groups is 2. The third-order valence-electron chi connectivity index (χ3n) is 6.35. The molecule has 2 unspecified atom stereocenters. The molecule has 0 aliphatic carbocycles. The highest BCUT2D eigenvalue weighted by Crippen LogP contribution is 2.56. The van der Waals surface area contributed by atoms with Crippen LogP contribution in [-0.4, -0.2) is 75.4 Å². The molecule has 3 rings (SSSR count). The zero-order chi connectivity index (χ0) is 27.4. The molecule has 0 saturated carbocycles. The van der Waals surface area contributed by atoms with Crippen molar-refractivity contribution < 1.29 is 28.5 Å². The molecule has 1 aromatic carbocycles. The number of ketones is 1. The molecule has 11 nitrogen and oxygen atoms in total. The molecule has 0 radical (unpaired) electrons. The number of nitriles is 1. The molecule has 1 saturated heterocycles. The van der Waals surface area contributed by atoms with Crippen LogP contribution in [0.25, 0.3) is 0 Å². The van der Waals surface area contributed by atoms with Crippen molar-refractivity contribution in [1.82, 2.24) is 14.9 Å². The van der Waals surface area contributed by atoms with Gasteiger partial charge < -0.3 is 19.7 Å². The normalized spacial score (nSPS) is 27.4. The van der Waals surface area contributed by atoms with Gasteiger partial charge in [0.1, 0.15) is 12.3 Å². The number of urea groups is 1. The average Bonchev–Trinajstić information content (AvgIpc) is 3.24. The first kappa shape index (κ1) is 29.0. The molecule has 37 heavy (non-hydrogen) atoms. The van der Waals surface area contributed by atoms with E-state index in [0.29, 0.717) is 5.56 Å². The van der Waals surface area contributed by atoms with Gasteiger partial charge in [0, 0.05) is 36.7 Å². The van der Waals surface area contributed by atoms with Crippen molar-refractivity contribution in [3.8, 4) is 6.07 Å². The molecule has 5 atom stereocenters. The lowest BCUT2D eigenvalue weighted by molar-refractivity contribution is -0.0524. The van der Waals surface area contributed by atoms with Gasteiger partial charge in [0.25, 0.3) is 7.52 Å². The van der Waals surface area contributed by atoms with Crippen LogP contribution in [0.15, 0.2) is 42.6 Å². The van der Waals surface area contributed by atoms with Crippen LogP contribution in [-0.2, 0) is 13.8 Å². The maximum Gasteiger partial charge on any atom is 0.325 e. The summed E-state index contributed by atoms with van der Waals surface area (Å²) in [6.07, 6.45) is 0.450. The van der Waals surface area contributed by atoms with Gasteiger partial charge in [-0.25, -0.2) is 9.46 Å². The number of nitrogens with two attached hydrogens (primary N) is 1. The fourth-order valence-electron chi connectivity index (χ4n) is 4.81. The van der Waals surface area contributed by atoms with Gasteiger partial charge in [-0.1, -0.05) is 30.3 Å². The Labute approximate surface area is 217 Å². The highest BCUT2D eigenvalue weighted by Gasteiger charge is 2.47. The molecular weight excluding hydrogens is 497 g/mol. The van der Waals surface area contributed by atoms with Crippen molar-refractivity contribution in [3.63, 3.8) is 0 Å². The quantitative estimate of drug-likeness (QED) is 0.287. The predicted octanol–water partition coefficient (Wildman–Crippen LogP) is 2.78. The number of aliphatic hydroxyl groups excluding tert-OH is 1. The van der Waals surface area contributed by atoms with Crippen LogP contribution in [0.2, 0.25) is 0 Å². The highest BCUT2D eigenvalue weighted by molar-refractivity contribution is 7.56. The van der Waals surface area contributed by atoms with Crippen molar-refractivity contribution in [2.24, 2.45) is 5.73 Å². The van der Waals surface area contributed by atoms with Crippen LogP contribution in [0.3, 0.4) is 0 Å². The molecule has 0 spiro atoms. The van der Waals surface area contributed by atoms with E-state index in [-0.39, 0.29) is 31.1 Å². The van der Waals surface area contributed by atoms with E-state index >= 15 is 0 Å². The van der Waals surface area contributed by atoms with Crippen molar-refractivity contribution >= 4 is 19.3 Å². The molecule has 202 valence electrons. The second-order valence-corrected chi connectivity index (χ2v) is 12.1. The summed E-state index contributed by atoms with van der Waals surface area (Å²) in [5.41, 5.74) is 4.83. The van der Waals surface area contributed by atoms with Crippen LogP contribution < -0.4 is 11.1 Å². The number of aliphatic hydroxyl groups is 1. The first-order valence-corrected chi connectivity index (χ1v) is 14.1. The van der Waals surface area contributed by atoms with Crippen LogP contribution in [0.1, 0.15) is 50.9 Å². The van der Waals surface area contributed by atoms with E-state index in [4.69, 9.17) is 20.3 Å². The van der Waals surface area contributed by atoms with E-state index in [1.54, 1.807) is 35.0 Å². The van der Waals surface area contributed by atoms with Gasteiger partial charge in [0.2, 0.25) is 5.78 Å². The van der Waals surface area contributed by atoms with Gasteiger partial charge >= 0.3 is 6.03 Å². The summed E-state index contributed by atoms with van der Waals surface area (Å²) in [5.74, 6) is -0.472. The van der Waals surface area contributed by atoms with Crippen LogP contribution in [0.4, 0.5) is 4.79 Å². The molecule has 1 aromatic rings. The SMILES string of the molecule is CC(C)N(C(C)C)P(=O)(CCC#N)O[C@H]1C[C@H](N2C=CC(N)(C(=O)c3ccccc3)NC2=O)O[C@@H]1CO. The second kappa shape index (κ2) is 11.9. The Morgan fingerprint density at radius 3 is 2.54 bits per heavy atom. The Morgan fingerprint density at radius 1 is 1.35 bits per heavy atom. The first-order valence-electron chi connectivity index (χ1n) is 12.3. The molecule has 2 heterocycles. The number of ether oxygens (including phenoxy) is 1. The molecule has 0 aromatic heterocycles. The molecule has 2 amide bonds. The number of nitrogens with zero attached hydrogens (tertiary/aromatic N) is 3. The number of hydrogen-bond donors (Lipinski definition) is 3. The number of Topliss-reactive ketones (excluding diaryl/α,β-unsaturated/α-hetero) is 1. The minimum Gasteiger partial charge on any atom is -0.394 e. The summed E-state index contributed by atoms with van der Waals surface area (Å²) in [6.45, 7) is 7.18. The van der Waals surface area contributed by atoms with E-state index in [1.807, 2.05) is 33.8 Å². The van der Waals surface area contributed by atoms with Crippen molar-refractivity contribution in [2.75, 3.05) is 12.8 Å². The Balaban J connectivity index is 1.80. The Hall–Kier alpha value is -2.58. The molecule has 2 aliphatic heterocycles. The third-order valence-corrected chi connectivity index (χ3v) is 9.36. The molecule has 12 heteroatoms. The van der Waals surface area contributed by atoms with Crippen LogP contribution >= 0.6 is 7.52 Å². The fourth-order valence-corrected chi connectivity index (χ4v) is 7.69. The summed E-state index contributed by atoms with van der Waals surface area (Å²) >= 11 is 0. The summed E-state index contributed by atoms with van der Waals surface area (Å²) in [7, 11) is -3.49. The zero-order valence-electron chi connectivity index (χ0n) is 21.6.